The Labute approximate surface area is 171 Å². The van der Waals surface area contributed by atoms with E-state index >= 15 is 0 Å². The number of likely N-dealkylation sites (N-methyl/N-ethyl adjacent to an activating group) is 1. The summed E-state index contributed by atoms with van der Waals surface area (Å²) < 4.78 is 0. The minimum Gasteiger partial charge on any atom is -0.378 e. The van der Waals surface area contributed by atoms with Gasteiger partial charge in [0.25, 0.3) is 5.91 Å². The maximum absolute atomic E-state index is 13.2. The maximum atomic E-state index is 13.2. The third-order valence-electron chi connectivity index (χ3n) is 6.12. The third kappa shape index (κ3) is 3.58. The van der Waals surface area contributed by atoms with Gasteiger partial charge in [0, 0.05) is 51.2 Å². The molecule has 2 aromatic rings. The highest BCUT2D eigenvalue weighted by atomic mass is 16.2. The summed E-state index contributed by atoms with van der Waals surface area (Å²) in [5, 5.41) is 0. The molecule has 0 bridgehead atoms. The number of likely N-dealkylation sites (tertiary alicyclic amines) is 1. The number of carbonyl (C=O) groups is 2. The number of aromatic nitrogens is 1. The number of anilines is 2. The Morgan fingerprint density at radius 3 is 2.72 bits per heavy atom. The Morgan fingerprint density at radius 2 is 2.00 bits per heavy atom. The van der Waals surface area contributed by atoms with Crippen LogP contribution in [0, 0.1) is 0 Å². The lowest BCUT2D eigenvalue weighted by Gasteiger charge is -2.46. The van der Waals surface area contributed by atoms with Crippen LogP contribution in [0.15, 0.2) is 48.8 Å². The van der Waals surface area contributed by atoms with Crippen LogP contribution < -0.4 is 9.80 Å². The lowest BCUT2D eigenvalue weighted by molar-refractivity contribution is -0.123. The number of rotatable bonds is 3. The van der Waals surface area contributed by atoms with E-state index in [1.807, 2.05) is 72.2 Å². The van der Waals surface area contributed by atoms with Gasteiger partial charge in [0.1, 0.15) is 0 Å². The van der Waals surface area contributed by atoms with Gasteiger partial charge in [-0.05, 0) is 43.8 Å². The molecular weight excluding hydrogens is 366 g/mol. The molecule has 1 atom stereocenters. The number of carbonyl (C=O) groups excluding carboxylic acids is 2. The van der Waals surface area contributed by atoms with Crippen LogP contribution in [0.1, 0.15) is 16.8 Å². The predicted octanol–water partition coefficient (Wildman–Crippen LogP) is 1.71. The SMILES string of the molecule is CN(C)c1cccc(C(=O)N2CC[C@]3(C2)CN(c2cccnc2)C(=O)CN3C)c1. The molecule has 4 rings (SSSR count). The molecule has 0 radical (unpaired) electrons. The zero-order valence-corrected chi connectivity index (χ0v) is 17.2. The quantitative estimate of drug-likeness (QED) is 0.795. The first kappa shape index (κ1) is 19.4. The van der Waals surface area contributed by atoms with Crippen LogP contribution in [-0.4, -0.2) is 79.5 Å². The number of piperazine rings is 1. The van der Waals surface area contributed by atoms with Gasteiger partial charge in [-0.2, -0.15) is 0 Å². The van der Waals surface area contributed by atoms with Crippen LogP contribution in [0.5, 0.6) is 0 Å². The fraction of sp³-hybridized carbons (Fsp3) is 0.409. The molecular formula is C22H27N5O2. The van der Waals surface area contributed by atoms with Crippen molar-refractivity contribution in [1.29, 1.82) is 0 Å². The van der Waals surface area contributed by atoms with E-state index in [1.54, 1.807) is 12.4 Å². The second-order valence-corrected chi connectivity index (χ2v) is 8.19. The monoisotopic (exact) mass is 393 g/mol. The lowest BCUT2D eigenvalue weighted by Crippen LogP contribution is -2.64. The molecule has 0 unspecified atom stereocenters. The van der Waals surface area contributed by atoms with Gasteiger partial charge in [0.05, 0.1) is 24.0 Å². The number of hydrogen-bond donors (Lipinski definition) is 0. The largest absolute Gasteiger partial charge is 0.378 e. The average molecular weight is 393 g/mol. The average Bonchev–Trinajstić information content (AvgIpc) is 3.16. The van der Waals surface area contributed by atoms with E-state index < -0.39 is 0 Å². The van der Waals surface area contributed by atoms with Crippen LogP contribution in [-0.2, 0) is 4.79 Å². The van der Waals surface area contributed by atoms with Crippen molar-refractivity contribution in [3.63, 3.8) is 0 Å². The van der Waals surface area contributed by atoms with Crippen molar-refractivity contribution in [1.82, 2.24) is 14.8 Å². The molecule has 152 valence electrons. The Kier molecular flexibility index (Phi) is 5.00. The molecule has 1 aromatic heterocycles. The number of hydrogen-bond acceptors (Lipinski definition) is 5. The van der Waals surface area contributed by atoms with Crippen molar-refractivity contribution in [2.24, 2.45) is 0 Å². The fourth-order valence-corrected chi connectivity index (χ4v) is 4.28. The molecule has 1 aromatic carbocycles. The normalized spacial score (nSPS) is 22.4. The van der Waals surface area contributed by atoms with E-state index in [1.165, 1.54) is 0 Å². The maximum Gasteiger partial charge on any atom is 0.253 e. The zero-order valence-electron chi connectivity index (χ0n) is 17.2. The summed E-state index contributed by atoms with van der Waals surface area (Å²) in [6.07, 6.45) is 4.27. The lowest BCUT2D eigenvalue weighted by atomic mass is 9.92. The first-order chi connectivity index (χ1) is 13.9. The van der Waals surface area contributed by atoms with Gasteiger partial charge in [0.15, 0.2) is 0 Å². The van der Waals surface area contributed by atoms with Crippen LogP contribution >= 0.6 is 0 Å². The number of amides is 2. The summed E-state index contributed by atoms with van der Waals surface area (Å²) in [6.45, 7) is 2.20. The molecule has 7 nitrogen and oxygen atoms in total. The van der Waals surface area contributed by atoms with Crippen LogP contribution in [0.3, 0.4) is 0 Å². The summed E-state index contributed by atoms with van der Waals surface area (Å²) >= 11 is 0. The van der Waals surface area contributed by atoms with Crippen molar-refractivity contribution in [2.45, 2.75) is 12.0 Å². The van der Waals surface area contributed by atoms with E-state index in [4.69, 9.17) is 0 Å². The highest BCUT2D eigenvalue weighted by Crippen LogP contribution is 2.34. The number of benzene rings is 1. The predicted molar refractivity (Wildman–Crippen MR) is 113 cm³/mol. The van der Waals surface area contributed by atoms with Gasteiger partial charge in [0.2, 0.25) is 5.91 Å². The van der Waals surface area contributed by atoms with Gasteiger partial charge in [-0.15, -0.1) is 0 Å². The topological polar surface area (TPSA) is 60.0 Å². The first-order valence-corrected chi connectivity index (χ1v) is 9.88. The van der Waals surface area contributed by atoms with Crippen molar-refractivity contribution >= 4 is 23.2 Å². The Hall–Kier alpha value is -2.93. The molecule has 0 saturated carbocycles. The molecule has 2 fully saturated rings. The van der Waals surface area contributed by atoms with Crippen molar-refractivity contribution in [3.8, 4) is 0 Å². The minimum absolute atomic E-state index is 0.0452. The zero-order chi connectivity index (χ0) is 20.6. The summed E-state index contributed by atoms with van der Waals surface area (Å²) in [7, 11) is 5.92. The number of pyridine rings is 1. The summed E-state index contributed by atoms with van der Waals surface area (Å²) in [4.78, 5) is 37.8. The van der Waals surface area contributed by atoms with Gasteiger partial charge >= 0.3 is 0 Å². The van der Waals surface area contributed by atoms with E-state index in [-0.39, 0.29) is 17.4 Å². The van der Waals surface area contributed by atoms with Crippen molar-refractivity contribution < 1.29 is 9.59 Å². The van der Waals surface area contributed by atoms with Gasteiger partial charge in [-0.1, -0.05) is 6.07 Å². The van der Waals surface area contributed by atoms with Gasteiger partial charge in [-0.3, -0.25) is 19.5 Å². The standard InChI is InChI=1S/C22H27N5O2/c1-24(2)18-7-4-6-17(12-18)21(29)26-11-9-22(15-26)16-27(20(28)14-25(22)3)19-8-5-10-23-13-19/h4-8,10,12-13H,9,11,14-16H2,1-3H3/t22-/m0/s1. The molecule has 2 aliphatic heterocycles. The minimum atomic E-state index is -0.238. The molecule has 2 aliphatic rings. The second-order valence-electron chi connectivity index (χ2n) is 8.19. The van der Waals surface area contributed by atoms with E-state index in [0.717, 1.165) is 17.8 Å². The van der Waals surface area contributed by atoms with Crippen LogP contribution in [0.2, 0.25) is 0 Å². The summed E-state index contributed by atoms with van der Waals surface area (Å²) in [5.74, 6) is 0.110. The highest BCUT2D eigenvalue weighted by Gasteiger charge is 2.48. The molecule has 3 heterocycles. The van der Waals surface area contributed by atoms with E-state index in [0.29, 0.717) is 31.7 Å². The summed E-state index contributed by atoms with van der Waals surface area (Å²) in [5.41, 5.74) is 2.28. The second kappa shape index (κ2) is 7.48. The first-order valence-electron chi connectivity index (χ1n) is 9.88. The van der Waals surface area contributed by atoms with Gasteiger partial charge in [-0.25, -0.2) is 0 Å². The molecule has 2 amide bonds. The molecule has 0 aliphatic carbocycles. The Bertz CT molecular complexity index is 916. The molecule has 29 heavy (non-hydrogen) atoms. The summed E-state index contributed by atoms with van der Waals surface area (Å²) in [6, 6.07) is 11.5. The van der Waals surface area contributed by atoms with Crippen LogP contribution in [0.25, 0.3) is 0 Å². The fourth-order valence-electron chi connectivity index (χ4n) is 4.28. The van der Waals surface area contributed by atoms with Crippen LogP contribution in [0.4, 0.5) is 11.4 Å². The Morgan fingerprint density at radius 1 is 1.17 bits per heavy atom. The van der Waals surface area contributed by atoms with E-state index in [9.17, 15) is 9.59 Å². The van der Waals surface area contributed by atoms with E-state index in [2.05, 4.69) is 9.88 Å². The smallest absolute Gasteiger partial charge is 0.253 e. The highest BCUT2D eigenvalue weighted by molar-refractivity contribution is 5.97. The van der Waals surface area contributed by atoms with Gasteiger partial charge < -0.3 is 14.7 Å². The van der Waals surface area contributed by atoms with Crippen molar-refractivity contribution in [3.05, 3.63) is 54.4 Å². The molecule has 1 spiro atoms. The van der Waals surface area contributed by atoms with Crippen molar-refractivity contribution in [2.75, 3.05) is 57.1 Å². The third-order valence-corrected chi connectivity index (χ3v) is 6.12. The molecule has 2 saturated heterocycles. The molecule has 7 heteroatoms. The Balaban J connectivity index is 1.55. The number of nitrogens with zero attached hydrogens (tertiary/aromatic N) is 5. The molecule has 0 N–H and O–H groups in total.